The van der Waals surface area contributed by atoms with Crippen LogP contribution >= 0.6 is 27.5 Å². The largest absolute Gasteiger partial charge is 0.368 e. The number of nitriles is 1. The van der Waals surface area contributed by atoms with Gasteiger partial charge in [-0.15, -0.1) is 0 Å². The second-order valence-electron chi connectivity index (χ2n) is 5.20. The molecular weight excluding hydrogens is 312 g/mol. The molecule has 0 radical (unpaired) electrons. The zero-order chi connectivity index (χ0) is 13.2. The van der Waals surface area contributed by atoms with E-state index >= 15 is 0 Å². The monoisotopic (exact) mass is 326 g/mol. The van der Waals surface area contributed by atoms with Crippen LogP contribution in [-0.2, 0) is 0 Å². The Hall–Kier alpha value is -0.720. The van der Waals surface area contributed by atoms with Crippen LogP contribution in [-0.4, -0.2) is 5.54 Å². The number of halogens is 2. The first kappa shape index (κ1) is 13.7. The van der Waals surface area contributed by atoms with Gasteiger partial charge in [0.05, 0.1) is 11.1 Å². The van der Waals surface area contributed by atoms with Gasteiger partial charge in [-0.2, -0.15) is 5.26 Å². The predicted molar refractivity (Wildman–Crippen MR) is 78.8 cm³/mol. The first-order valence-electron chi connectivity index (χ1n) is 6.17. The van der Waals surface area contributed by atoms with Gasteiger partial charge in [0.15, 0.2) is 0 Å². The lowest BCUT2D eigenvalue weighted by Gasteiger charge is -2.33. The van der Waals surface area contributed by atoms with E-state index in [0.717, 1.165) is 16.6 Å². The maximum absolute atomic E-state index is 9.39. The second-order valence-corrected chi connectivity index (χ2v) is 6.46. The van der Waals surface area contributed by atoms with E-state index in [4.69, 9.17) is 11.6 Å². The van der Waals surface area contributed by atoms with Crippen LogP contribution in [0, 0.1) is 17.2 Å². The summed E-state index contributed by atoms with van der Waals surface area (Å²) in [7, 11) is 0. The molecule has 0 aromatic heterocycles. The van der Waals surface area contributed by atoms with Crippen molar-refractivity contribution in [2.24, 2.45) is 5.92 Å². The molecule has 0 spiro atoms. The van der Waals surface area contributed by atoms with Crippen molar-refractivity contribution in [1.29, 1.82) is 5.26 Å². The van der Waals surface area contributed by atoms with E-state index in [1.165, 1.54) is 19.3 Å². The predicted octanol–water partition coefficient (Wildman–Crippen LogP) is 4.99. The highest BCUT2D eigenvalue weighted by atomic mass is 79.9. The van der Waals surface area contributed by atoms with Crippen LogP contribution < -0.4 is 5.32 Å². The Morgan fingerprint density at radius 1 is 1.56 bits per heavy atom. The number of nitrogens with one attached hydrogen (secondary N) is 1. The summed E-state index contributed by atoms with van der Waals surface area (Å²) in [6, 6.07) is 8.05. The molecule has 96 valence electrons. The third-order valence-electron chi connectivity index (χ3n) is 3.51. The minimum atomic E-state index is -0.502. The van der Waals surface area contributed by atoms with Crippen LogP contribution in [0.5, 0.6) is 0 Å². The van der Waals surface area contributed by atoms with Gasteiger partial charge < -0.3 is 5.32 Å². The Morgan fingerprint density at radius 2 is 2.28 bits per heavy atom. The highest BCUT2D eigenvalue weighted by Crippen LogP contribution is 2.35. The van der Waals surface area contributed by atoms with Gasteiger partial charge in [0.2, 0.25) is 0 Å². The molecule has 1 aromatic carbocycles. The molecule has 0 amide bonds. The molecule has 1 saturated carbocycles. The van der Waals surface area contributed by atoms with Crippen molar-refractivity contribution in [1.82, 2.24) is 0 Å². The molecule has 1 atom stereocenters. The molecule has 0 heterocycles. The van der Waals surface area contributed by atoms with Crippen LogP contribution in [0.2, 0.25) is 5.02 Å². The van der Waals surface area contributed by atoms with Gasteiger partial charge in [-0.1, -0.05) is 30.9 Å². The Labute approximate surface area is 121 Å². The molecule has 2 nitrogen and oxygen atoms in total. The zero-order valence-electron chi connectivity index (χ0n) is 10.3. The maximum Gasteiger partial charge on any atom is 0.122 e. The van der Waals surface area contributed by atoms with E-state index in [2.05, 4.69) is 27.3 Å². The van der Waals surface area contributed by atoms with Gasteiger partial charge in [-0.25, -0.2) is 0 Å². The number of hydrogen-bond donors (Lipinski definition) is 1. The molecular formula is C14H16BrClN2. The molecule has 0 bridgehead atoms. The van der Waals surface area contributed by atoms with Gasteiger partial charge >= 0.3 is 0 Å². The van der Waals surface area contributed by atoms with E-state index < -0.39 is 5.54 Å². The molecule has 1 aromatic rings. The lowest BCUT2D eigenvalue weighted by molar-refractivity contribution is 0.267. The normalized spacial score (nSPS) is 18.6. The number of rotatable bonds is 4. The molecule has 1 N–H and O–H groups in total. The minimum absolute atomic E-state index is 0.502. The van der Waals surface area contributed by atoms with Crippen molar-refractivity contribution >= 4 is 33.2 Å². The quantitative estimate of drug-likeness (QED) is 0.846. The fourth-order valence-electron chi connectivity index (χ4n) is 2.29. The van der Waals surface area contributed by atoms with Gasteiger partial charge in [0, 0.05) is 10.2 Å². The Morgan fingerprint density at radius 3 is 2.78 bits per heavy atom. The summed E-state index contributed by atoms with van der Waals surface area (Å²) in [5.41, 5.74) is 0.424. The molecule has 1 unspecified atom stereocenters. The second kappa shape index (κ2) is 5.50. The molecule has 1 aliphatic rings. The average Bonchev–Trinajstić information content (AvgIpc) is 2.29. The fraction of sp³-hybridized carbons (Fsp3) is 0.500. The maximum atomic E-state index is 9.39. The lowest BCUT2D eigenvalue weighted by atomic mass is 9.77. The highest BCUT2D eigenvalue weighted by Gasteiger charge is 2.30. The van der Waals surface area contributed by atoms with E-state index in [9.17, 15) is 5.26 Å². The van der Waals surface area contributed by atoms with Crippen molar-refractivity contribution in [2.75, 3.05) is 5.32 Å². The number of nitrogens with zero attached hydrogens (tertiary/aromatic N) is 1. The van der Waals surface area contributed by atoms with Crippen LogP contribution in [0.3, 0.4) is 0 Å². The first-order chi connectivity index (χ1) is 8.52. The highest BCUT2D eigenvalue weighted by molar-refractivity contribution is 9.10. The minimum Gasteiger partial charge on any atom is -0.368 e. The molecule has 18 heavy (non-hydrogen) atoms. The van der Waals surface area contributed by atoms with Crippen LogP contribution in [0.4, 0.5) is 5.69 Å². The summed E-state index contributed by atoms with van der Waals surface area (Å²) in [6.45, 7) is 1.97. The van der Waals surface area contributed by atoms with Gasteiger partial charge in [-0.05, 0) is 53.4 Å². The van der Waals surface area contributed by atoms with Crippen molar-refractivity contribution in [3.05, 3.63) is 27.7 Å². The van der Waals surface area contributed by atoms with Crippen molar-refractivity contribution in [3.63, 3.8) is 0 Å². The summed E-state index contributed by atoms with van der Waals surface area (Å²) >= 11 is 9.36. The topological polar surface area (TPSA) is 35.8 Å². The molecule has 1 fully saturated rings. The molecule has 2 rings (SSSR count). The summed E-state index contributed by atoms with van der Waals surface area (Å²) in [5, 5.41) is 13.4. The first-order valence-corrected chi connectivity index (χ1v) is 7.34. The Balaban J connectivity index is 2.08. The third kappa shape index (κ3) is 3.18. The summed E-state index contributed by atoms with van der Waals surface area (Å²) < 4.78 is 0.845. The van der Waals surface area contributed by atoms with Crippen LogP contribution in [0.25, 0.3) is 0 Å². The van der Waals surface area contributed by atoms with E-state index in [1.54, 1.807) is 0 Å². The van der Waals surface area contributed by atoms with E-state index in [-0.39, 0.29) is 0 Å². The van der Waals surface area contributed by atoms with Gasteiger partial charge in [-0.3, -0.25) is 0 Å². The standard InChI is InChI=1S/C14H16BrClN2/c1-14(9-17,8-10-3-2-4-10)18-11-5-6-13(16)12(15)7-11/h5-7,10,18H,2-4,8H2,1H3. The molecule has 1 aliphatic carbocycles. The number of hydrogen-bond acceptors (Lipinski definition) is 2. The van der Waals surface area contributed by atoms with Crippen molar-refractivity contribution < 1.29 is 0 Å². The number of anilines is 1. The van der Waals surface area contributed by atoms with Crippen LogP contribution in [0.1, 0.15) is 32.6 Å². The van der Waals surface area contributed by atoms with Crippen LogP contribution in [0.15, 0.2) is 22.7 Å². The number of benzene rings is 1. The van der Waals surface area contributed by atoms with E-state index in [1.807, 2.05) is 25.1 Å². The van der Waals surface area contributed by atoms with Gasteiger partial charge in [0.1, 0.15) is 5.54 Å². The Bertz CT molecular complexity index is 479. The lowest BCUT2D eigenvalue weighted by Crippen LogP contribution is -2.36. The SMILES string of the molecule is CC(C#N)(CC1CCC1)Nc1ccc(Cl)c(Br)c1. The van der Waals surface area contributed by atoms with E-state index in [0.29, 0.717) is 10.9 Å². The third-order valence-corrected chi connectivity index (χ3v) is 4.72. The van der Waals surface area contributed by atoms with Crippen molar-refractivity contribution in [2.45, 2.75) is 38.1 Å². The smallest absolute Gasteiger partial charge is 0.122 e. The zero-order valence-corrected chi connectivity index (χ0v) is 12.7. The summed E-state index contributed by atoms with van der Waals surface area (Å²) in [4.78, 5) is 0. The molecule has 0 aliphatic heterocycles. The molecule has 0 saturated heterocycles. The van der Waals surface area contributed by atoms with Crippen molar-refractivity contribution in [3.8, 4) is 6.07 Å². The summed E-state index contributed by atoms with van der Waals surface area (Å²) in [6.07, 6.45) is 4.72. The fourth-order valence-corrected chi connectivity index (χ4v) is 2.79. The molecule has 4 heteroatoms. The Kier molecular flexibility index (Phi) is 4.19. The average molecular weight is 328 g/mol. The van der Waals surface area contributed by atoms with Gasteiger partial charge in [0.25, 0.3) is 0 Å². The summed E-state index contributed by atoms with van der Waals surface area (Å²) in [5.74, 6) is 0.692.